The maximum Gasteiger partial charge on any atom is 0.137 e. The zero-order valence-corrected chi connectivity index (χ0v) is 17.0. The highest BCUT2D eigenvalue weighted by Crippen LogP contribution is 2.41. The highest BCUT2D eigenvalue weighted by molar-refractivity contribution is 6.03. The third-order valence-electron chi connectivity index (χ3n) is 5.14. The van der Waals surface area contributed by atoms with Crippen LogP contribution in [-0.2, 0) is 0 Å². The van der Waals surface area contributed by atoms with Crippen LogP contribution in [0, 0.1) is 13.8 Å². The van der Waals surface area contributed by atoms with Crippen molar-refractivity contribution in [3.63, 3.8) is 0 Å². The van der Waals surface area contributed by atoms with Gasteiger partial charge in [0.15, 0.2) is 0 Å². The summed E-state index contributed by atoms with van der Waals surface area (Å²) in [7, 11) is 0. The molecular weight excluding hydrogens is 344 g/mol. The van der Waals surface area contributed by atoms with Crippen molar-refractivity contribution in [1.82, 2.24) is 0 Å². The summed E-state index contributed by atoms with van der Waals surface area (Å²) in [5.41, 5.74) is 7.93. The van der Waals surface area contributed by atoms with E-state index in [1.807, 2.05) is 0 Å². The molecule has 0 fully saturated rings. The molecule has 4 rings (SSSR count). The minimum Gasteiger partial charge on any atom is -0.456 e. The van der Waals surface area contributed by atoms with E-state index in [1.54, 1.807) is 0 Å². The average Bonchev–Trinajstić information content (AvgIpc) is 2.69. The van der Waals surface area contributed by atoms with E-state index in [0.717, 1.165) is 46.4 Å². The lowest BCUT2D eigenvalue weighted by molar-refractivity contribution is 0.618. The topological polar surface area (TPSA) is 37.5 Å². The van der Waals surface area contributed by atoms with E-state index in [0.29, 0.717) is 0 Å². The molecule has 2 aromatic rings. The van der Waals surface area contributed by atoms with Crippen LogP contribution in [0.3, 0.4) is 0 Å². The standard InChI is InChI=1S/C25H26N2O/c1-5-26-21-14-23-19(12-16(21)3)25(18-10-8-7-9-11-18)20-13-17(4)22(27-6-2)15-24(20)28-23/h7-15,26H,5-6H2,1-4H3. The minimum atomic E-state index is 0.759. The summed E-state index contributed by atoms with van der Waals surface area (Å²) in [5.74, 6) is 0.871. The maximum atomic E-state index is 6.39. The van der Waals surface area contributed by atoms with Gasteiger partial charge in [-0.15, -0.1) is 0 Å². The number of hydrogen-bond donors (Lipinski definition) is 1. The van der Waals surface area contributed by atoms with Crippen molar-refractivity contribution >= 4 is 16.7 Å². The molecule has 1 heterocycles. The second-order valence-corrected chi connectivity index (χ2v) is 7.15. The fourth-order valence-corrected chi connectivity index (χ4v) is 3.83. The van der Waals surface area contributed by atoms with Crippen LogP contribution < -0.4 is 10.7 Å². The lowest BCUT2D eigenvalue weighted by Crippen LogP contribution is -2.09. The van der Waals surface area contributed by atoms with Crippen molar-refractivity contribution in [2.45, 2.75) is 27.7 Å². The number of aryl methyl sites for hydroxylation is 2. The van der Waals surface area contributed by atoms with E-state index >= 15 is 0 Å². The zero-order valence-electron chi connectivity index (χ0n) is 17.0. The number of hydrogen-bond acceptors (Lipinski definition) is 3. The third-order valence-corrected chi connectivity index (χ3v) is 5.14. The number of fused-ring (bicyclic) bond motifs is 2. The predicted octanol–water partition coefficient (Wildman–Crippen LogP) is 6.17. The molecular formula is C25H26N2O. The van der Waals surface area contributed by atoms with Gasteiger partial charge in [-0.3, -0.25) is 4.99 Å². The Morgan fingerprint density at radius 2 is 1.71 bits per heavy atom. The van der Waals surface area contributed by atoms with Gasteiger partial charge in [0.1, 0.15) is 11.3 Å². The van der Waals surface area contributed by atoms with Crippen LogP contribution in [-0.4, -0.2) is 13.1 Å². The van der Waals surface area contributed by atoms with Crippen LogP contribution in [0.2, 0.25) is 0 Å². The Morgan fingerprint density at radius 3 is 2.43 bits per heavy atom. The van der Waals surface area contributed by atoms with Gasteiger partial charge in [-0.05, 0) is 56.5 Å². The Balaban J connectivity index is 2.15. The largest absolute Gasteiger partial charge is 0.456 e. The second-order valence-electron chi connectivity index (χ2n) is 7.15. The average molecular weight is 370 g/mol. The Kier molecular flexibility index (Phi) is 4.91. The SMILES string of the molecule is CCN=c1cc2oc3cc(NCC)c(C)cc3c(-c3ccccc3)c-2cc1C. The summed E-state index contributed by atoms with van der Waals surface area (Å²) in [4.78, 5) is 4.63. The van der Waals surface area contributed by atoms with Gasteiger partial charge in [0.2, 0.25) is 0 Å². The fraction of sp³-hybridized carbons (Fsp3) is 0.240. The maximum absolute atomic E-state index is 6.39. The zero-order chi connectivity index (χ0) is 19.7. The summed E-state index contributed by atoms with van der Waals surface area (Å²) in [5, 5.41) is 5.57. The molecule has 28 heavy (non-hydrogen) atoms. The summed E-state index contributed by atoms with van der Waals surface area (Å²) < 4.78 is 6.39. The van der Waals surface area contributed by atoms with Gasteiger partial charge in [-0.1, -0.05) is 30.3 Å². The summed E-state index contributed by atoms with van der Waals surface area (Å²) >= 11 is 0. The van der Waals surface area contributed by atoms with Gasteiger partial charge in [0.25, 0.3) is 0 Å². The number of rotatable bonds is 4. The Labute approximate surface area is 166 Å². The predicted molar refractivity (Wildman–Crippen MR) is 118 cm³/mol. The molecule has 3 nitrogen and oxygen atoms in total. The molecule has 0 saturated carbocycles. The first-order valence-electron chi connectivity index (χ1n) is 9.94. The van der Waals surface area contributed by atoms with Crippen LogP contribution in [0.5, 0.6) is 0 Å². The lowest BCUT2D eigenvalue weighted by atomic mass is 9.91. The van der Waals surface area contributed by atoms with Crippen LogP contribution in [0.1, 0.15) is 25.0 Å². The van der Waals surface area contributed by atoms with Crippen LogP contribution in [0.15, 0.2) is 64.0 Å². The van der Waals surface area contributed by atoms with Gasteiger partial charge in [0.05, 0.1) is 5.36 Å². The molecule has 3 heteroatoms. The first-order valence-corrected chi connectivity index (χ1v) is 9.94. The molecule has 142 valence electrons. The second kappa shape index (κ2) is 7.51. The summed E-state index contributed by atoms with van der Waals surface area (Å²) in [6.45, 7) is 10.1. The molecule has 0 saturated heterocycles. The van der Waals surface area contributed by atoms with E-state index in [2.05, 4.69) is 92.6 Å². The van der Waals surface area contributed by atoms with E-state index in [4.69, 9.17) is 4.42 Å². The van der Waals surface area contributed by atoms with E-state index in [1.165, 1.54) is 22.3 Å². The van der Waals surface area contributed by atoms with Crippen LogP contribution in [0.4, 0.5) is 5.69 Å². The van der Waals surface area contributed by atoms with Crippen LogP contribution in [0.25, 0.3) is 33.4 Å². The molecule has 0 amide bonds. The van der Waals surface area contributed by atoms with Gasteiger partial charge in [0, 0.05) is 47.4 Å². The van der Waals surface area contributed by atoms with Crippen LogP contribution >= 0.6 is 0 Å². The van der Waals surface area contributed by atoms with E-state index in [-0.39, 0.29) is 0 Å². The first-order chi connectivity index (χ1) is 13.6. The molecule has 1 aliphatic carbocycles. The quantitative estimate of drug-likeness (QED) is 0.436. The highest BCUT2D eigenvalue weighted by atomic mass is 16.3. The molecule has 0 unspecified atom stereocenters. The highest BCUT2D eigenvalue weighted by Gasteiger charge is 2.19. The molecule has 0 aromatic heterocycles. The molecule has 0 bridgehead atoms. The summed E-state index contributed by atoms with van der Waals surface area (Å²) in [6, 6.07) is 19.2. The minimum absolute atomic E-state index is 0.759. The molecule has 0 atom stereocenters. The molecule has 2 aromatic carbocycles. The van der Waals surface area contributed by atoms with Gasteiger partial charge >= 0.3 is 0 Å². The molecule has 0 spiro atoms. The van der Waals surface area contributed by atoms with Crippen molar-refractivity contribution < 1.29 is 4.42 Å². The monoisotopic (exact) mass is 370 g/mol. The number of nitrogens with one attached hydrogen (secondary N) is 1. The smallest absolute Gasteiger partial charge is 0.137 e. The van der Waals surface area contributed by atoms with Crippen molar-refractivity contribution in [1.29, 1.82) is 0 Å². The Hall–Kier alpha value is -3.07. The number of benzene rings is 3. The number of anilines is 1. The molecule has 1 N–H and O–H groups in total. The van der Waals surface area contributed by atoms with E-state index < -0.39 is 0 Å². The summed E-state index contributed by atoms with van der Waals surface area (Å²) in [6.07, 6.45) is 0. The Morgan fingerprint density at radius 1 is 0.929 bits per heavy atom. The van der Waals surface area contributed by atoms with Gasteiger partial charge in [-0.25, -0.2) is 0 Å². The normalized spacial score (nSPS) is 12.1. The van der Waals surface area contributed by atoms with Crippen molar-refractivity contribution in [3.05, 3.63) is 71.1 Å². The molecule has 0 radical (unpaired) electrons. The van der Waals surface area contributed by atoms with Gasteiger partial charge in [-0.2, -0.15) is 0 Å². The lowest BCUT2D eigenvalue weighted by Gasteiger charge is -2.18. The van der Waals surface area contributed by atoms with E-state index in [9.17, 15) is 0 Å². The first kappa shape index (κ1) is 18.3. The van der Waals surface area contributed by atoms with Gasteiger partial charge < -0.3 is 9.73 Å². The van der Waals surface area contributed by atoms with Crippen molar-refractivity contribution in [2.24, 2.45) is 4.99 Å². The number of nitrogens with zero attached hydrogens (tertiary/aromatic N) is 1. The van der Waals surface area contributed by atoms with Crippen molar-refractivity contribution in [3.8, 4) is 22.5 Å². The Bertz CT molecular complexity index is 1170. The molecule has 2 aliphatic rings. The molecule has 1 aliphatic heterocycles. The van der Waals surface area contributed by atoms with Crippen molar-refractivity contribution in [2.75, 3.05) is 18.4 Å². The third kappa shape index (κ3) is 3.18. The fourth-order valence-electron chi connectivity index (χ4n) is 3.83.